The van der Waals surface area contributed by atoms with Gasteiger partial charge in [-0.25, -0.2) is 15.0 Å². The Balaban J connectivity index is 1.49. The van der Waals surface area contributed by atoms with Gasteiger partial charge in [-0.1, -0.05) is 0 Å². The van der Waals surface area contributed by atoms with Gasteiger partial charge in [-0.05, 0) is 25.1 Å². The second-order valence-electron chi connectivity index (χ2n) is 6.31. The monoisotopic (exact) mass is 306 g/mol. The van der Waals surface area contributed by atoms with Gasteiger partial charge in [0.15, 0.2) is 0 Å². The van der Waals surface area contributed by atoms with Gasteiger partial charge < -0.3 is 9.80 Å². The summed E-state index contributed by atoms with van der Waals surface area (Å²) in [5, 5.41) is 9.26. The molecule has 2 saturated heterocycles. The van der Waals surface area contributed by atoms with Crippen molar-refractivity contribution in [3.63, 3.8) is 0 Å². The molecular weight excluding hydrogens is 288 g/mol. The van der Waals surface area contributed by atoms with Gasteiger partial charge in [-0.15, -0.1) is 0 Å². The highest BCUT2D eigenvalue weighted by Crippen LogP contribution is 2.35. The fourth-order valence-electron chi connectivity index (χ4n) is 3.65. The number of aromatic nitrogens is 3. The largest absolute Gasteiger partial charge is 0.355 e. The van der Waals surface area contributed by atoms with Crippen LogP contribution in [0.3, 0.4) is 0 Å². The average molecular weight is 306 g/mol. The number of nitriles is 1. The van der Waals surface area contributed by atoms with Gasteiger partial charge in [-0.3, -0.25) is 0 Å². The predicted octanol–water partition coefficient (Wildman–Crippen LogP) is 1.62. The molecule has 4 rings (SSSR count). The molecule has 0 bridgehead atoms. The molecule has 2 aliphatic rings. The van der Waals surface area contributed by atoms with E-state index in [1.807, 2.05) is 31.3 Å². The number of aryl methyl sites for hydroxylation is 1. The molecule has 0 amide bonds. The third kappa shape index (κ3) is 2.48. The van der Waals surface area contributed by atoms with E-state index in [1.54, 1.807) is 6.20 Å². The first-order valence-corrected chi connectivity index (χ1v) is 7.89. The number of hydrogen-bond donors (Lipinski definition) is 0. The van der Waals surface area contributed by atoms with E-state index < -0.39 is 0 Å². The number of hydrogen-bond acceptors (Lipinski definition) is 6. The van der Waals surface area contributed by atoms with Crippen molar-refractivity contribution in [2.45, 2.75) is 6.92 Å². The third-order valence-corrected chi connectivity index (χ3v) is 4.76. The van der Waals surface area contributed by atoms with E-state index in [4.69, 9.17) is 0 Å². The van der Waals surface area contributed by atoms with Crippen molar-refractivity contribution in [1.82, 2.24) is 15.0 Å². The number of anilines is 2. The Morgan fingerprint density at radius 2 is 1.78 bits per heavy atom. The summed E-state index contributed by atoms with van der Waals surface area (Å²) in [6, 6.07) is 7.82. The summed E-state index contributed by atoms with van der Waals surface area (Å²) >= 11 is 0. The first-order chi connectivity index (χ1) is 11.2. The molecule has 116 valence electrons. The summed E-state index contributed by atoms with van der Waals surface area (Å²) < 4.78 is 0. The topological polar surface area (TPSA) is 68.9 Å². The average Bonchev–Trinajstić information content (AvgIpc) is 3.13. The van der Waals surface area contributed by atoms with E-state index in [0.717, 1.165) is 43.6 Å². The summed E-state index contributed by atoms with van der Waals surface area (Å²) in [5.41, 5.74) is 1.66. The lowest BCUT2D eigenvalue weighted by Crippen LogP contribution is -2.30. The molecule has 0 spiro atoms. The van der Waals surface area contributed by atoms with Crippen molar-refractivity contribution in [3.8, 4) is 6.07 Å². The third-order valence-electron chi connectivity index (χ3n) is 4.76. The van der Waals surface area contributed by atoms with Crippen molar-refractivity contribution in [3.05, 3.63) is 41.9 Å². The van der Waals surface area contributed by atoms with Gasteiger partial charge >= 0.3 is 0 Å². The number of fused-ring (bicyclic) bond motifs is 1. The molecule has 2 aromatic rings. The SMILES string of the molecule is Cc1ccnc(N2CC3CN(c4ncccc4C#N)CC3C2)n1. The van der Waals surface area contributed by atoms with E-state index in [1.165, 1.54) is 0 Å². The molecule has 2 fully saturated rings. The van der Waals surface area contributed by atoms with Gasteiger partial charge in [0.25, 0.3) is 0 Å². The minimum Gasteiger partial charge on any atom is -0.355 e. The van der Waals surface area contributed by atoms with Crippen molar-refractivity contribution in [2.75, 3.05) is 36.0 Å². The van der Waals surface area contributed by atoms with Gasteiger partial charge in [0.05, 0.1) is 5.56 Å². The lowest BCUT2D eigenvalue weighted by atomic mass is 10.0. The van der Waals surface area contributed by atoms with Gasteiger partial charge in [0, 0.05) is 56.1 Å². The van der Waals surface area contributed by atoms with Crippen LogP contribution in [0, 0.1) is 30.1 Å². The van der Waals surface area contributed by atoms with Crippen LogP contribution in [0.25, 0.3) is 0 Å². The van der Waals surface area contributed by atoms with Crippen LogP contribution in [0.2, 0.25) is 0 Å². The maximum Gasteiger partial charge on any atom is 0.225 e. The van der Waals surface area contributed by atoms with Crippen LogP contribution in [0.1, 0.15) is 11.3 Å². The molecule has 23 heavy (non-hydrogen) atoms. The maximum atomic E-state index is 9.26. The Morgan fingerprint density at radius 1 is 1.04 bits per heavy atom. The van der Waals surface area contributed by atoms with Crippen molar-refractivity contribution >= 4 is 11.8 Å². The van der Waals surface area contributed by atoms with Crippen molar-refractivity contribution in [2.24, 2.45) is 11.8 Å². The molecule has 2 aliphatic heterocycles. The summed E-state index contributed by atoms with van der Waals surface area (Å²) in [6.07, 6.45) is 3.59. The van der Waals surface area contributed by atoms with Crippen LogP contribution in [-0.4, -0.2) is 41.1 Å². The summed E-state index contributed by atoms with van der Waals surface area (Å²) in [5.74, 6) is 2.81. The van der Waals surface area contributed by atoms with Crippen LogP contribution < -0.4 is 9.80 Å². The second-order valence-corrected chi connectivity index (χ2v) is 6.31. The molecule has 0 aliphatic carbocycles. The fraction of sp³-hybridized carbons (Fsp3) is 0.412. The molecule has 2 atom stereocenters. The summed E-state index contributed by atoms with van der Waals surface area (Å²) in [6.45, 7) is 5.82. The zero-order chi connectivity index (χ0) is 15.8. The highest BCUT2D eigenvalue weighted by atomic mass is 15.3. The molecule has 6 heteroatoms. The minimum absolute atomic E-state index is 0.577. The van der Waals surface area contributed by atoms with Gasteiger partial charge in [0.1, 0.15) is 11.9 Å². The summed E-state index contributed by atoms with van der Waals surface area (Å²) in [4.78, 5) is 17.9. The molecule has 0 radical (unpaired) electrons. The second kappa shape index (κ2) is 5.51. The quantitative estimate of drug-likeness (QED) is 0.840. The van der Waals surface area contributed by atoms with E-state index in [2.05, 4.69) is 30.8 Å². The van der Waals surface area contributed by atoms with Gasteiger partial charge in [-0.2, -0.15) is 5.26 Å². The van der Waals surface area contributed by atoms with Crippen LogP contribution in [0.15, 0.2) is 30.6 Å². The Kier molecular flexibility index (Phi) is 3.34. The minimum atomic E-state index is 0.577. The van der Waals surface area contributed by atoms with E-state index in [0.29, 0.717) is 17.4 Å². The summed E-state index contributed by atoms with van der Waals surface area (Å²) in [7, 11) is 0. The molecule has 0 aromatic carbocycles. The smallest absolute Gasteiger partial charge is 0.225 e. The Labute approximate surface area is 135 Å². The van der Waals surface area contributed by atoms with E-state index in [-0.39, 0.29) is 0 Å². The van der Waals surface area contributed by atoms with Crippen molar-refractivity contribution < 1.29 is 0 Å². The molecule has 0 N–H and O–H groups in total. The Morgan fingerprint density at radius 3 is 2.48 bits per heavy atom. The lowest BCUT2D eigenvalue weighted by molar-refractivity contribution is 0.533. The van der Waals surface area contributed by atoms with Crippen LogP contribution in [-0.2, 0) is 0 Å². The normalized spacial score (nSPS) is 23.0. The highest BCUT2D eigenvalue weighted by molar-refractivity contribution is 5.54. The molecule has 0 saturated carbocycles. The first kappa shape index (κ1) is 13.9. The predicted molar refractivity (Wildman–Crippen MR) is 87.1 cm³/mol. The van der Waals surface area contributed by atoms with Crippen LogP contribution >= 0.6 is 0 Å². The number of rotatable bonds is 2. The van der Waals surface area contributed by atoms with Crippen LogP contribution in [0.4, 0.5) is 11.8 Å². The highest BCUT2D eigenvalue weighted by Gasteiger charge is 2.41. The molecule has 2 aromatic heterocycles. The van der Waals surface area contributed by atoms with Gasteiger partial charge in [0.2, 0.25) is 5.95 Å². The molecule has 4 heterocycles. The first-order valence-electron chi connectivity index (χ1n) is 7.89. The van der Waals surface area contributed by atoms with E-state index >= 15 is 0 Å². The molecule has 6 nitrogen and oxygen atoms in total. The fourth-order valence-corrected chi connectivity index (χ4v) is 3.65. The van der Waals surface area contributed by atoms with Crippen LogP contribution in [0.5, 0.6) is 0 Å². The zero-order valence-corrected chi connectivity index (χ0v) is 13.1. The Bertz CT molecular complexity index is 754. The standard InChI is InChI=1S/C17H18N6/c1-12-4-6-20-17(21-12)23-10-14-8-22(9-15(14)11-23)16-13(7-18)3-2-5-19-16/h2-6,14-15H,8-11H2,1H3. The molecular formula is C17H18N6. The Hall–Kier alpha value is -2.68. The maximum absolute atomic E-state index is 9.26. The molecule has 2 unspecified atom stereocenters. The number of nitrogens with zero attached hydrogens (tertiary/aromatic N) is 6. The zero-order valence-electron chi connectivity index (χ0n) is 13.1. The van der Waals surface area contributed by atoms with Crippen molar-refractivity contribution in [1.29, 1.82) is 5.26 Å². The number of pyridine rings is 1. The van der Waals surface area contributed by atoms with E-state index in [9.17, 15) is 5.26 Å². The lowest BCUT2D eigenvalue weighted by Gasteiger charge is -2.23.